The number of carbonyl (C=O) groups is 1. The molecule has 1 amide bonds. The largest absolute Gasteiger partial charge is 0.491 e. The molecule has 132 valence electrons. The Kier molecular flexibility index (Phi) is 4.67. The van der Waals surface area contributed by atoms with E-state index in [1.807, 2.05) is 12.1 Å². The fourth-order valence-corrected chi connectivity index (χ4v) is 3.70. The molecule has 6 nitrogen and oxygen atoms in total. The lowest BCUT2D eigenvalue weighted by molar-refractivity contribution is 0.102. The molecule has 0 spiro atoms. The van der Waals surface area contributed by atoms with Crippen LogP contribution in [0.15, 0.2) is 41.3 Å². The molecule has 2 aromatic carbocycles. The van der Waals surface area contributed by atoms with Crippen molar-refractivity contribution in [2.24, 2.45) is 0 Å². The van der Waals surface area contributed by atoms with Crippen LogP contribution in [0.5, 0.6) is 5.75 Å². The minimum absolute atomic E-state index is 0.0223. The molecule has 0 aromatic heterocycles. The number of hydrogen-bond acceptors (Lipinski definition) is 5. The highest BCUT2D eigenvalue weighted by atomic mass is 32.2. The quantitative estimate of drug-likeness (QED) is 0.817. The Morgan fingerprint density at radius 2 is 2.08 bits per heavy atom. The Morgan fingerprint density at radius 3 is 2.80 bits per heavy atom. The van der Waals surface area contributed by atoms with Crippen LogP contribution >= 0.6 is 0 Å². The van der Waals surface area contributed by atoms with E-state index in [1.165, 1.54) is 18.2 Å². The van der Waals surface area contributed by atoms with Crippen LogP contribution in [0.2, 0.25) is 0 Å². The number of benzene rings is 2. The maximum atomic E-state index is 12.6. The van der Waals surface area contributed by atoms with Crippen molar-refractivity contribution in [2.45, 2.75) is 24.7 Å². The summed E-state index contributed by atoms with van der Waals surface area (Å²) in [5.74, 6) is 0.261. The number of nitrogens with one attached hydrogen (secondary N) is 1. The molecule has 0 unspecified atom stereocenters. The first-order valence-electron chi connectivity index (χ1n) is 8.10. The Bertz CT molecular complexity index is 923. The SMILES string of the molecule is CCS(=O)(=O)c1ccc(C(=O)Nc2cccc3c2OCCC3)c(N)c1. The van der Waals surface area contributed by atoms with Gasteiger partial charge in [-0.15, -0.1) is 0 Å². The molecule has 0 radical (unpaired) electrons. The van der Waals surface area contributed by atoms with Crippen LogP contribution in [0.25, 0.3) is 0 Å². The second-order valence-electron chi connectivity index (χ2n) is 5.85. The monoisotopic (exact) mass is 360 g/mol. The van der Waals surface area contributed by atoms with E-state index in [1.54, 1.807) is 13.0 Å². The lowest BCUT2D eigenvalue weighted by Gasteiger charge is -2.20. The van der Waals surface area contributed by atoms with Gasteiger partial charge in [-0.1, -0.05) is 19.1 Å². The molecule has 1 aliphatic heterocycles. The van der Waals surface area contributed by atoms with Gasteiger partial charge in [0, 0.05) is 5.69 Å². The molecule has 0 bridgehead atoms. The fraction of sp³-hybridized carbons (Fsp3) is 0.278. The molecule has 0 saturated carbocycles. The second kappa shape index (κ2) is 6.76. The van der Waals surface area contributed by atoms with Gasteiger partial charge < -0.3 is 15.8 Å². The summed E-state index contributed by atoms with van der Waals surface area (Å²) in [6.07, 6.45) is 1.86. The van der Waals surface area contributed by atoms with Crippen molar-refractivity contribution in [2.75, 3.05) is 23.4 Å². The van der Waals surface area contributed by atoms with Gasteiger partial charge >= 0.3 is 0 Å². The average molecular weight is 360 g/mol. The highest BCUT2D eigenvalue weighted by Gasteiger charge is 2.19. The summed E-state index contributed by atoms with van der Waals surface area (Å²) >= 11 is 0. The van der Waals surface area contributed by atoms with Gasteiger partial charge in [-0.3, -0.25) is 4.79 Å². The normalized spacial score (nSPS) is 13.6. The molecule has 0 saturated heterocycles. The van der Waals surface area contributed by atoms with Crippen LogP contribution in [0, 0.1) is 0 Å². The summed E-state index contributed by atoms with van der Waals surface area (Å²) < 4.78 is 29.5. The van der Waals surface area contributed by atoms with E-state index in [2.05, 4.69) is 5.32 Å². The minimum atomic E-state index is -3.37. The van der Waals surface area contributed by atoms with Crippen molar-refractivity contribution in [3.63, 3.8) is 0 Å². The molecule has 7 heteroatoms. The van der Waals surface area contributed by atoms with Crippen LogP contribution in [0.1, 0.15) is 29.3 Å². The number of sulfone groups is 1. The van der Waals surface area contributed by atoms with Crippen molar-refractivity contribution < 1.29 is 17.9 Å². The van der Waals surface area contributed by atoms with Crippen molar-refractivity contribution in [1.82, 2.24) is 0 Å². The zero-order chi connectivity index (χ0) is 18.0. The number of amides is 1. The van der Waals surface area contributed by atoms with Gasteiger partial charge in [-0.2, -0.15) is 0 Å². The van der Waals surface area contributed by atoms with E-state index in [0.29, 0.717) is 18.0 Å². The Morgan fingerprint density at radius 1 is 1.28 bits per heavy atom. The molecule has 1 heterocycles. The molecule has 3 N–H and O–H groups in total. The molecule has 25 heavy (non-hydrogen) atoms. The van der Waals surface area contributed by atoms with E-state index >= 15 is 0 Å². The predicted octanol–water partition coefficient (Wildman–Crippen LogP) is 2.64. The number of rotatable bonds is 4. The third kappa shape index (κ3) is 3.46. The Labute approximate surface area is 146 Å². The minimum Gasteiger partial charge on any atom is -0.491 e. The molecule has 3 rings (SSSR count). The van der Waals surface area contributed by atoms with E-state index in [4.69, 9.17) is 10.5 Å². The number of aryl methyl sites for hydroxylation is 1. The Balaban J connectivity index is 1.88. The van der Waals surface area contributed by atoms with Crippen molar-refractivity contribution in [3.05, 3.63) is 47.5 Å². The van der Waals surface area contributed by atoms with Gasteiger partial charge in [0.1, 0.15) is 5.75 Å². The van der Waals surface area contributed by atoms with Crippen molar-refractivity contribution in [3.8, 4) is 5.75 Å². The number of para-hydroxylation sites is 1. The van der Waals surface area contributed by atoms with Crippen LogP contribution in [-0.2, 0) is 16.3 Å². The van der Waals surface area contributed by atoms with Crippen molar-refractivity contribution >= 4 is 27.1 Å². The highest BCUT2D eigenvalue weighted by molar-refractivity contribution is 7.91. The number of nitrogens with two attached hydrogens (primary N) is 1. The molecular weight excluding hydrogens is 340 g/mol. The first kappa shape index (κ1) is 17.3. The van der Waals surface area contributed by atoms with Crippen LogP contribution < -0.4 is 15.8 Å². The van der Waals surface area contributed by atoms with Gasteiger partial charge in [0.15, 0.2) is 9.84 Å². The average Bonchev–Trinajstić information content (AvgIpc) is 2.61. The zero-order valence-electron chi connectivity index (χ0n) is 13.9. The number of ether oxygens (including phenoxy) is 1. The van der Waals surface area contributed by atoms with Crippen LogP contribution in [0.4, 0.5) is 11.4 Å². The summed E-state index contributed by atoms with van der Waals surface area (Å²) in [6, 6.07) is 9.77. The maximum absolute atomic E-state index is 12.6. The van der Waals surface area contributed by atoms with E-state index in [-0.39, 0.29) is 21.9 Å². The summed E-state index contributed by atoms with van der Waals surface area (Å²) in [4.78, 5) is 12.7. The molecule has 0 atom stereocenters. The van der Waals surface area contributed by atoms with Crippen molar-refractivity contribution in [1.29, 1.82) is 0 Å². The van der Waals surface area contributed by atoms with E-state index < -0.39 is 15.7 Å². The highest BCUT2D eigenvalue weighted by Crippen LogP contribution is 2.33. The first-order chi connectivity index (χ1) is 11.9. The molecule has 1 aliphatic rings. The standard InChI is InChI=1S/C18H20N2O4S/c1-2-25(22,23)13-8-9-14(15(19)11-13)18(21)20-16-7-3-5-12-6-4-10-24-17(12)16/h3,5,7-9,11H,2,4,6,10,19H2,1H3,(H,20,21). The van der Waals surface area contributed by atoms with Crippen LogP contribution in [-0.4, -0.2) is 26.7 Å². The summed E-state index contributed by atoms with van der Waals surface area (Å²) in [7, 11) is -3.37. The summed E-state index contributed by atoms with van der Waals surface area (Å²) in [6.45, 7) is 2.18. The smallest absolute Gasteiger partial charge is 0.257 e. The van der Waals surface area contributed by atoms with Gasteiger partial charge in [0.2, 0.25) is 0 Å². The molecule has 0 aliphatic carbocycles. The zero-order valence-corrected chi connectivity index (χ0v) is 14.7. The molecule has 0 fully saturated rings. The number of nitrogen functional groups attached to an aromatic ring is 1. The maximum Gasteiger partial charge on any atom is 0.257 e. The second-order valence-corrected chi connectivity index (χ2v) is 8.13. The van der Waals surface area contributed by atoms with Crippen LogP contribution in [0.3, 0.4) is 0 Å². The Hall–Kier alpha value is -2.54. The summed E-state index contributed by atoms with van der Waals surface area (Å²) in [5, 5.41) is 2.81. The number of carbonyl (C=O) groups excluding carboxylic acids is 1. The third-order valence-electron chi connectivity index (χ3n) is 4.19. The fourth-order valence-electron chi connectivity index (χ4n) is 2.78. The lowest BCUT2D eigenvalue weighted by atomic mass is 10.0. The molecular formula is C18H20N2O4S. The predicted molar refractivity (Wildman–Crippen MR) is 96.8 cm³/mol. The van der Waals surface area contributed by atoms with Gasteiger partial charge in [0.25, 0.3) is 5.91 Å². The van der Waals surface area contributed by atoms with Gasteiger partial charge in [-0.05, 0) is 42.7 Å². The first-order valence-corrected chi connectivity index (χ1v) is 9.76. The number of anilines is 2. The lowest BCUT2D eigenvalue weighted by Crippen LogP contribution is -2.17. The van der Waals surface area contributed by atoms with Gasteiger partial charge in [-0.25, -0.2) is 8.42 Å². The number of hydrogen-bond donors (Lipinski definition) is 2. The van der Waals surface area contributed by atoms with E-state index in [9.17, 15) is 13.2 Å². The molecule has 2 aromatic rings. The summed E-state index contributed by atoms with van der Waals surface area (Å²) in [5.41, 5.74) is 7.90. The topological polar surface area (TPSA) is 98.5 Å². The number of fused-ring (bicyclic) bond motifs is 1. The van der Waals surface area contributed by atoms with E-state index in [0.717, 1.165) is 18.4 Å². The third-order valence-corrected chi connectivity index (χ3v) is 5.92. The van der Waals surface area contributed by atoms with Gasteiger partial charge in [0.05, 0.1) is 28.5 Å².